The van der Waals surface area contributed by atoms with Crippen LogP contribution < -0.4 is 21.3 Å². The van der Waals surface area contributed by atoms with Gasteiger partial charge in [-0.25, -0.2) is 24.1 Å². The summed E-state index contributed by atoms with van der Waals surface area (Å²) in [5, 5.41) is 5.63. The van der Waals surface area contributed by atoms with Gasteiger partial charge in [0.25, 0.3) is 0 Å². The van der Waals surface area contributed by atoms with Crippen molar-refractivity contribution < 1.29 is 9.18 Å². The summed E-state index contributed by atoms with van der Waals surface area (Å²) in [5.41, 5.74) is 8.40. The molecule has 4 N–H and O–H groups in total. The van der Waals surface area contributed by atoms with Gasteiger partial charge in [-0.05, 0) is 38.0 Å². The molecule has 0 bridgehead atoms. The molecule has 12 heteroatoms. The Morgan fingerprint density at radius 3 is 2.61 bits per heavy atom. The number of rotatable bonds is 5. The number of fused-ring (bicyclic) bond motifs is 1. The fourth-order valence-corrected chi connectivity index (χ4v) is 5.03. The number of nitrogens with one attached hydrogen (secondary N) is 2. The molecule has 1 aliphatic heterocycles. The second kappa shape index (κ2) is 11.1. The van der Waals surface area contributed by atoms with Gasteiger partial charge in [-0.3, -0.25) is 10.3 Å². The molecule has 0 atom stereocenters. The number of halogens is 2. The molecule has 5 rings (SSSR count). The molecule has 9 nitrogen and oxygen atoms in total. The number of aromatic nitrogens is 4. The van der Waals surface area contributed by atoms with Crippen LogP contribution in [0.25, 0.3) is 32.6 Å². The first-order chi connectivity index (χ1) is 17.0. The zero-order chi connectivity index (χ0) is 24.4. The molecule has 0 spiro atoms. The molecular formula is C24H26ClFN8OS. The Hall–Kier alpha value is -3.41. The predicted octanol–water partition coefficient (Wildman–Crippen LogP) is 4.45. The van der Waals surface area contributed by atoms with E-state index in [0.29, 0.717) is 44.7 Å². The zero-order valence-electron chi connectivity index (χ0n) is 19.6. The Morgan fingerprint density at radius 1 is 1.19 bits per heavy atom. The predicted molar refractivity (Wildman–Crippen MR) is 143 cm³/mol. The van der Waals surface area contributed by atoms with Gasteiger partial charge in [0.1, 0.15) is 5.52 Å². The summed E-state index contributed by atoms with van der Waals surface area (Å²) in [4.78, 5) is 31.9. The van der Waals surface area contributed by atoms with Crippen molar-refractivity contribution in [1.29, 1.82) is 0 Å². The normalized spacial score (nSPS) is 13.9. The van der Waals surface area contributed by atoms with E-state index in [2.05, 4.69) is 35.5 Å². The largest absolute Gasteiger partial charge is 0.341 e. The number of carbonyl (C=O) groups excluding carboxylic acids is 1. The van der Waals surface area contributed by atoms with E-state index >= 15 is 4.39 Å². The highest BCUT2D eigenvalue weighted by atomic mass is 35.5. The van der Waals surface area contributed by atoms with Crippen molar-refractivity contribution in [2.75, 3.05) is 29.9 Å². The van der Waals surface area contributed by atoms with Gasteiger partial charge in [0.05, 0.1) is 10.4 Å². The smallest absolute Gasteiger partial charge is 0.321 e. The number of nitrogens with two attached hydrogens (primary N) is 1. The van der Waals surface area contributed by atoms with Crippen LogP contribution in [0.5, 0.6) is 0 Å². The average molecular weight is 529 g/mol. The monoisotopic (exact) mass is 528 g/mol. The number of piperidine rings is 1. The summed E-state index contributed by atoms with van der Waals surface area (Å²) < 4.78 is 16.4. The maximum absolute atomic E-state index is 15.8. The second-order valence-corrected chi connectivity index (χ2v) is 9.28. The second-order valence-electron chi connectivity index (χ2n) is 8.28. The highest BCUT2D eigenvalue weighted by Gasteiger charge is 2.22. The maximum Gasteiger partial charge on any atom is 0.321 e. The summed E-state index contributed by atoms with van der Waals surface area (Å²) in [6, 6.07) is 7.10. The third-order valence-corrected chi connectivity index (χ3v) is 6.88. The molecule has 4 aromatic rings. The molecule has 36 heavy (non-hydrogen) atoms. The van der Waals surface area contributed by atoms with E-state index < -0.39 is 11.8 Å². The summed E-state index contributed by atoms with van der Waals surface area (Å²) in [5.74, 6) is 0.106. The third kappa shape index (κ3) is 5.23. The van der Waals surface area contributed by atoms with Crippen molar-refractivity contribution in [3.63, 3.8) is 0 Å². The lowest BCUT2D eigenvalue weighted by molar-refractivity contribution is 0.252. The number of amides is 2. The number of hydrogen-bond acceptors (Lipinski definition) is 8. The molecule has 0 radical (unpaired) electrons. The minimum atomic E-state index is -0.500. The van der Waals surface area contributed by atoms with Gasteiger partial charge in [-0.1, -0.05) is 17.4 Å². The van der Waals surface area contributed by atoms with E-state index in [1.807, 2.05) is 25.1 Å². The van der Waals surface area contributed by atoms with Crippen LogP contribution in [0, 0.1) is 5.82 Å². The van der Waals surface area contributed by atoms with Crippen molar-refractivity contribution in [3.05, 3.63) is 48.7 Å². The van der Waals surface area contributed by atoms with Gasteiger partial charge in [0.15, 0.2) is 10.9 Å². The van der Waals surface area contributed by atoms with Gasteiger partial charge >= 0.3 is 6.03 Å². The lowest BCUT2D eigenvalue weighted by Crippen LogP contribution is -2.40. The van der Waals surface area contributed by atoms with Crippen LogP contribution in [-0.4, -0.2) is 51.6 Å². The maximum atomic E-state index is 15.8. The zero-order valence-corrected chi connectivity index (χ0v) is 21.2. The van der Waals surface area contributed by atoms with E-state index in [4.69, 9.17) is 5.73 Å². The first-order valence-electron chi connectivity index (χ1n) is 11.5. The van der Waals surface area contributed by atoms with Gasteiger partial charge in [0.2, 0.25) is 5.95 Å². The van der Waals surface area contributed by atoms with Crippen molar-refractivity contribution in [2.24, 2.45) is 5.73 Å². The molecular weight excluding hydrogens is 503 g/mol. The molecule has 1 aliphatic rings. The molecule has 1 saturated heterocycles. The number of carbonyl (C=O) groups is 1. The lowest BCUT2D eigenvalue weighted by Gasteiger charge is -2.30. The highest BCUT2D eigenvalue weighted by Crippen LogP contribution is 2.40. The number of pyridine rings is 1. The van der Waals surface area contributed by atoms with Gasteiger partial charge in [-0.15, -0.1) is 12.4 Å². The quantitative estimate of drug-likeness (QED) is 0.350. The molecule has 3 aromatic heterocycles. The Labute approximate surface area is 217 Å². The van der Waals surface area contributed by atoms with Crippen molar-refractivity contribution in [1.82, 2.24) is 25.3 Å². The molecule has 0 unspecified atom stereocenters. The van der Waals surface area contributed by atoms with Crippen LogP contribution in [-0.2, 0) is 0 Å². The molecule has 4 heterocycles. The standard InChI is InChI=1S/C24H25FN8OS.ClH/c1-2-27-23(34)32-24-31-20-19(25)16(11-17(21(20)35-24)18-5-3-4-8-28-18)14-12-29-22(30-13-14)33-9-6-15(26)7-10-33;/h3-5,8,11-13,15H,2,6-7,9-10,26H2,1H3,(H2,27,31,32,34);1H. The SMILES string of the molecule is CCNC(=O)Nc1nc2c(F)c(-c3cnc(N4CCC(N)CC4)nc3)cc(-c3ccccn3)c2s1.Cl. The molecule has 188 valence electrons. The van der Waals surface area contributed by atoms with E-state index in [1.54, 1.807) is 24.7 Å². The fraction of sp³-hybridized carbons (Fsp3) is 0.292. The minimum absolute atomic E-state index is 0. The fourth-order valence-electron chi connectivity index (χ4n) is 4.05. The summed E-state index contributed by atoms with van der Waals surface area (Å²) in [7, 11) is 0. The van der Waals surface area contributed by atoms with Crippen LogP contribution in [0.3, 0.4) is 0 Å². The number of nitrogens with zero attached hydrogens (tertiary/aromatic N) is 5. The van der Waals surface area contributed by atoms with Gasteiger partial charge in [-0.2, -0.15) is 0 Å². The van der Waals surface area contributed by atoms with Crippen molar-refractivity contribution >= 4 is 51.1 Å². The Morgan fingerprint density at radius 2 is 1.94 bits per heavy atom. The first-order valence-corrected chi connectivity index (χ1v) is 12.3. The Bertz CT molecular complexity index is 1340. The molecule has 0 saturated carbocycles. The molecule has 2 amide bonds. The average Bonchev–Trinajstić information content (AvgIpc) is 3.30. The first kappa shape index (κ1) is 25.7. The summed E-state index contributed by atoms with van der Waals surface area (Å²) in [6.07, 6.45) is 6.72. The van der Waals surface area contributed by atoms with E-state index in [-0.39, 0.29) is 24.0 Å². The number of thiazole rings is 1. The number of hydrogen-bond donors (Lipinski definition) is 3. The number of benzene rings is 1. The highest BCUT2D eigenvalue weighted by molar-refractivity contribution is 7.22. The van der Waals surface area contributed by atoms with Crippen LogP contribution in [0.15, 0.2) is 42.9 Å². The summed E-state index contributed by atoms with van der Waals surface area (Å²) in [6.45, 7) is 3.88. The van der Waals surface area contributed by atoms with Crippen molar-refractivity contribution in [2.45, 2.75) is 25.8 Å². The van der Waals surface area contributed by atoms with E-state index in [9.17, 15) is 4.79 Å². The lowest BCUT2D eigenvalue weighted by atomic mass is 10.0. The molecule has 1 fully saturated rings. The van der Waals surface area contributed by atoms with Crippen LogP contribution in [0.4, 0.5) is 20.3 Å². The summed E-state index contributed by atoms with van der Waals surface area (Å²) >= 11 is 1.20. The van der Waals surface area contributed by atoms with E-state index in [0.717, 1.165) is 25.9 Å². The topological polar surface area (TPSA) is 122 Å². The van der Waals surface area contributed by atoms with Crippen LogP contribution in [0.1, 0.15) is 19.8 Å². The molecule has 1 aromatic carbocycles. The van der Waals surface area contributed by atoms with E-state index in [1.165, 1.54) is 11.3 Å². The van der Waals surface area contributed by atoms with Crippen molar-refractivity contribution in [3.8, 4) is 22.4 Å². The Kier molecular flexibility index (Phi) is 7.92. The third-order valence-electron chi connectivity index (χ3n) is 5.88. The van der Waals surface area contributed by atoms with Crippen LogP contribution in [0.2, 0.25) is 0 Å². The van der Waals surface area contributed by atoms with Gasteiger partial charge in [0, 0.05) is 61.0 Å². The number of urea groups is 1. The van der Waals surface area contributed by atoms with Gasteiger partial charge < -0.3 is 16.0 Å². The number of anilines is 2. The molecule has 0 aliphatic carbocycles. The minimum Gasteiger partial charge on any atom is -0.341 e. The van der Waals surface area contributed by atoms with Crippen LogP contribution >= 0.6 is 23.7 Å². The Balaban J connectivity index is 0.00000304.